The smallest absolute Gasteiger partial charge is 0.305 e. The molecule has 0 spiro atoms. The van der Waals surface area contributed by atoms with Crippen LogP contribution in [0.1, 0.15) is 43.7 Å². The molecule has 1 aliphatic rings. The van der Waals surface area contributed by atoms with Crippen LogP contribution < -0.4 is 0 Å². The first kappa shape index (κ1) is 14.9. The van der Waals surface area contributed by atoms with Gasteiger partial charge in [-0.3, -0.25) is 9.69 Å². The van der Waals surface area contributed by atoms with Crippen molar-refractivity contribution in [3.63, 3.8) is 0 Å². The Hall–Kier alpha value is -1.49. The van der Waals surface area contributed by atoms with Gasteiger partial charge in [-0.05, 0) is 43.6 Å². The third kappa shape index (κ3) is 4.00. The molecule has 0 amide bonds. The van der Waals surface area contributed by atoms with E-state index in [1.165, 1.54) is 12.1 Å². The zero-order valence-electron chi connectivity index (χ0n) is 11.3. The topological polar surface area (TPSA) is 40.5 Å². The van der Waals surface area contributed by atoms with Crippen molar-refractivity contribution >= 4 is 5.97 Å². The van der Waals surface area contributed by atoms with Crippen molar-refractivity contribution in [3.8, 4) is 0 Å². The van der Waals surface area contributed by atoms with Crippen molar-refractivity contribution in [1.82, 2.24) is 4.90 Å². The normalized spacial score (nSPS) is 18.5. The fraction of sp³-hybridized carbons (Fsp3) is 0.533. The molecule has 0 saturated carbocycles. The van der Waals surface area contributed by atoms with E-state index >= 15 is 0 Å². The molecule has 1 fully saturated rings. The van der Waals surface area contributed by atoms with Gasteiger partial charge in [0, 0.05) is 12.1 Å². The summed E-state index contributed by atoms with van der Waals surface area (Å²) in [5.41, 5.74) is 0.409. The summed E-state index contributed by atoms with van der Waals surface area (Å²) in [4.78, 5) is 13.1. The van der Waals surface area contributed by atoms with E-state index in [-0.39, 0.29) is 6.42 Å². The lowest BCUT2D eigenvalue weighted by atomic mass is 10.0. The number of nitrogens with zero attached hydrogens (tertiary/aromatic N) is 1. The predicted molar refractivity (Wildman–Crippen MR) is 71.4 cm³/mol. The fourth-order valence-corrected chi connectivity index (χ4v) is 2.80. The van der Waals surface area contributed by atoms with Crippen LogP contribution in [0.15, 0.2) is 18.2 Å². The average molecular weight is 283 g/mol. The molecule has 3 nitrogen and oxygen atoms in total. The molecule has 1 aromatic rings. The Balaban J connectivity index is 2.27. The van der Waals surface area contributed by atoms with Gasteiger partial charge in [0.05, 0.1) is 6.42 Å². The van der Waals surface area contributed by atoms with Crippen LogP contribution in [0.4, 0.5) is 8.78 Å². The Morgan fingerprint density at radius 1 is 1.10 bits per heavy atom. The minimum Gasteiger partial charge on any atom is -0.481 e. The van der Waals surface area contributed by atoms with Gasteiger partial charge in [-0.15, -0.1) is 0 Å². The summed E-state index contributed by atoms with van der Waals surface area (Å²) in [5, 5.41) is 9.07. The Bertz CT molecular complexity index is 451. The molecule has 0 aliphatic carbocycles. The van der Waals surface area contributed by atoms with Crippen LogP contribution in [0.2, 0.25) is 0 Å². The molecule has 20 heavy (non-hydrogen) atoms. The van der Waals surface area contributed by atoms with Gasteiger partial charge in [-0.25, -0.2) is 8.78 Å². The average Bonchev–Trinajstić information content (AvgIpc) is 2.63. The van der Waals surface area contributed by atoms with E-state index in [1.807, 2.05) is 4.90 Å². The Kier molecular flexibility index (Phi) is 5.06. The highest BCUT2D eigenvalue weighted by atomic mass is 19.1. The second-order valence-electron chi connectivity index (χ2n) is 5.27. The number of halogens is 2. The molecule has 0 aromatic heterocycles. The van der Waals surface area contributed by atoms with Crippen LogP contribution in [-0.4, -0.2) is 29.1 Å². The Labute approximate surface area is 117 Å². The van der Waals surface area contributed by atoms with Gasteiger partial charge in [-0.1, -0.05) is 12.8 Å². The number of aliphatic carboxylic acids is 1. The van der Waals surface area contributed by atoms with Gasteiger partial charge in [0.15, 0.2) is 0 Å². The molecule has 1 saturated heterocycles. The number of benzene rings is 1. The van der Waals surface area contributed by atoms with E-state index in [4.69, 9.17) is 5.11 Å². The quantitative estimate of drug-likeness (QED) is 0.921. The molecule has 1 aliphatic heterocycles. The molecular weight excluding hydrogens is 264 g/mol. The van der Waals surface area contributed by atoms with Crippen molar-refractivity contribution in [2.45, 2.75) is 38.1 Å². The summed E-state index contributed by atoms with van der Waals surface area (Å²) < 4.78 is 26.7. The lowest BCUT2D eigenvalue weighted by Gasteiger charge is -2.30. The van der Waals surface area contributed by atoms with Crippen LogP contribution >= 0.6 is 0 Å². The Morgan fingerprint density at radius 3 is 2.15 bits per heavy atom. The highest BCUT2D eigenvalue weighted by Gasteiger charge is 2.24. The Morgan fingerprint density at radius 2 is 1.65 bits per heavy atom. The molecule has 1 N–H and O–H groups in total. The summed E-state index contributed by atoms with van der Waals surface area (Å²) >= 11 is 0. The maximum absolute atomic E-state index is 13.4. The molecule has 5 heteroatoms. The minimum atomic E-state index is -0.955. The highest BCUT2D eigenvalue weighted by molar-refractivity contribution is 5.68. The highest BCUT2D eigenvalue weighted by Crippen LogP contribution is 2.28. The summed E-state index contributed by atoms with van der Waals surface area (Å²) in [6.45, 7) is 1.55. The lowest BCUT2D eigenvalue weighted by Crippen LogP contribution is -2.31. The van der Waals surface area contributed by atoms with Crippen LogP contribution in [0.5, 0.6) is 0 Å². The predicted octanol–water partition coefficient (Wildman–Crippen LogP) is 3.36. The second kappa shape index (κ2) is 6.79. The second-order valence-corrected chi connectivity index (χ2v) is 5.27. The fourth-order valence-electron chi connectivity index (χ4n) is 2.80. The van der Waals surface area contributed by atoms with Crippen LogP contribution in [-0.2, 0) is 4.79 Å². The molecule has 2 rings (SSSR count). The first-order chi connectivity index (χ1) is 9.56. The molecule has 0 radical (unpaired) electrons. The van der Waals surface area contributed by atoms with Crippen LogP contribution in [0.3, 0.4) is 0 Å². The molecule has 0 bridgehead atoms. The third-order valence-corrected chi connectivity index (χ3v) is 3.72. The van der Waals surface area contributed by atoms with Crippen LogP contribution in [0, 0.1) is 11.6 Å². The first-order valence-electron chi connectivity index (χ1n) is 6.98. The maximum atomic E-state index is 13.4. The minimum absolute atomic E-state index is 0.136. The lowest BCUT2D eigenvalue weighted by molar-refractivity contribution is -0.138. The molecule has 1 unspecified atom stereocenters. The van der Waals surface area contributed by atoms with Crippen LogP contribution in [0.25, 0.3) is 0 Å². The molecule has 110 valence electrons. The van der Waals surface area contributed by atoms with Crippen molar-refractivity contribution in [2.75, 3.05) is 13.1 Å². The van der Waals surface area contributed by atoms with Gasteiger partial charge in [-0.2, -0.15) is 0 Å². The van der Waals surface area contributed by atoms with E-state index < -0.39 is 23.6 Å². The van der Waals surface area contributed by atoms with E-state index in [2.05, 4.69) is 0 Å². The summed E-state index contributed by atoms with van der Waals surface area (Å²) in [6.07, 6.45) is 4.09. The molecular formula is C15H19F2NO2. The van der Waals surface area contributed by atoms with E-state index in [1.54, 1.807) is 0 Å². The van der Waals surface area contributed by atoms with E-state index in [9.17, 15) is 13.6 Å². The monoisotopic (exact) mass is 283 g/mol. The third-order valence-electron chi connectivity index (χ3n) is 3.72. The van der Waals surface area contributed by atoms with Crippen molar-refractivity contribution in [2.24, 2.45) is 0 Å². The first-order valence-corrected chi connectivity index (χ1v) is 6.98. The summed E-state index contributed by atoms with van der Waals surface area (Å²) in [5.74, 6) is -2.28. The van der Waals surface area contributed by atoms with E-state index in [0.29, 0.717) is 5.56 Å². The standard InChI is InChI=1S/C15H19F2NO2/c16-12-7-11(8-13(17)9-12)14(10-15(19)20)18-5-3-1-2-4-6-18/h7-9,14H,1-6,10H2,(H,19,20). The molecule has 1 atom stereocenters. The largest absolute Gasteiger partial charge is 0.481 e. The number of carboxylic acid groups (broad SMARTS) is 1. The number of hydrogen-bond acceptors (Lipinski definition) is 2. The number of likely N-dealkylation sites (tertiary alicyclic amines) is 1. The number of rotatable bonds is 4. The summed E-state index contributed by atoms with van der Waals surface area (Å²) in [7, 11) is 0. The zero-order valence-corrected chi connectivity index (χ0v) is 11.3. The SMILES string of the molecule is O=C(O)CC(c1cc(F)cc(F)c1)N1CCCCCC1. The summed E-state index contributed by atoms with van der Waals surface area (Å²) in [6, 6.07) is 2.82. The molecule has 1 heterocycles. The zero-order chi connectivity index (χ0) is 14.5. The number of carbonyl (C=O) groups is 1. The van der Waals surface area contributed by atoms with Gasteiger partial charge >= 0.3 is 5.97 Å². The van der Waals surface area contributed by atoms with Gasteiger partial charge < -0.3 is 5.11 Å². The van der Waals surface area contributed by atoms with Crippen molar-refractivity contribution in [1.29, 1.82) is 0 Å². The maximum Gasteiger partial charge on any atom is 0.305 e. The van der Waals surface area contributed by atoms with E-state index in [0.717, 1.165) is 44.8 Å². The number of hydrogen-bond donors (Lipinski definition) is 1. The van der Waals surface area contributed by atoms with Crippen molar-refractivity contribution in [3.05, 3.63) is 35.4 Å². The van der Waals surface area contributed by atoms with Gasteiger partial charge in [0.25, 0.3) is 0 Å². The van der Waals surface area contributed by atoms with Gasteiger partial charge in [0.1, 0.15) is 11.6 Å². The van der Waals surface area contributed by atoms with Gasteiger partial charge in [0.2, 0.25) is 0 Å². The van der Waals surface area contributed by atoms with Crippen molar-refractivity contribution < 1.29 is 18.7 Å². The number of carboxylic acids is 1. The molecule has 1 aromatic carbocycles.